The Kier molecular flexibility index (Phi) is 4.50. The molecule has 6 heteroatoms. The van der Waals surface area contributed by atoms with Gasteiger partial charge in [0.15, 0.2) is 5.78 Å². The molecule has 5 rings (SSSR count). The summed E-state index contributed by atoms with van der Waals surface area (Å²) in [5, 5.41) is 6.74. The second-order valence-electron chi connectivity index (χ2n) is 8.35. The third-order valence-electron chi connectivity index (χ3n) is 6.51. The van der Waals surface area contributed by atoms with Gasteiger partial charge in [-0.1, -0.05) is 36.9 Å². The summed E-state index contributed by atoms with van der Waals surface area (Å²) in [6.45, 7) is 4.11. The number of nitrogens with zero attached hydrogens (tertiary/aromatic N) is 1. The molecular formula is C25H23N3O3. The van der Waals surface area contributed by atoms with Crippen LogP contribution in [0, 0.1) is 0 Å². The number of anilines is 1. The summed E-state index contributed by atoms with van der Waals surface area (Å²) in [5.74, 6) is -0.417. The number of carbonyl (C=O) groups is 3. The summed E-state index contributed by atoms with van der Waals surface area (Å²) >= 11 is 0. The van der Waals surface area contributed by atoms with Gasteiger partial charge < -0.3 is 15.2 Å². The monoisotopic (exact) mass is 413 g/mol. The van der Waals surface area contributed by atoms with Crippen molar-refractivity contribution in [1.29, 1.82) is 0 Å². The highest BCUT2D eigenvalue weighted by molar-refractivity contribution is 6.05. The van der Waals surface area contributed by atoms with Gasteiger partial charge in [0.2, 0.25) is 5.91 Å². The summed E-state index contributed by atoms with van der Waals surface area (Å²) in [6, 6.07) is 14.8. The zero-order chi connectivity index (χ0) is 21.6. The Balaban J connectivity index is 1.50. The maximum atomic E-state index is 13.1. The van der Waals surface area contributed by atoms with E-state index < -0.39 is 0 Å². The van der Waals surface area contributed by atoms with Gasteiger partial charge >= 0.3 is 0 Å². The van der Waals surface area contributed by atoms with Crippen molar-refractivity contribution in [3.05, 3.63) is 78.0 Å². The summed E-state index contributed by atoms with van der Waals surface area (Å²) in [4.78, 5) is 37.3. The fraction of sp³-hybridized carbons (Fsp3) is 0.240. The number of hydrogen-bond acceptors (Lipinski definition) is 3. The van der Waals surface area contributed by atoms with Crippen molar-refractivity contribution in [3.8, 4) is 0 Å². The van der Waals surface area contributed by atoms with Gasteiger partial charge in [0.25, 0.3) is 5.91 Å². The van der Waals surface area contributed by atoms with Crippen molar-refractivity contribution in [1.82, 2.24) is 9.88 Å². The first-order valence-electron chi connectivity index (χ1n) is 10.5. The molecule has 0 radical (unpaired) electrons. The lowest BCUT2D eigenvalue weighted by molar-refractivity contribution is -0.111. The van der Waals surface area contributed by atoms with E-state index in [0.29, 0.717) is 23.5 Å². The highest BCUT2D eigenvalue weighted by Crippen LogP contribution is 2.44. The molecule has 2 aliphatic rings. The van der Waals surface area contributed by atoms with Gasteiger partial charge in [0.05, 0.1) is 5.54 Å². The lowest BCUT2D eigenvalue weighted by Crippen LogP contribution is -2.55. The van der Waals surface area contributed by atoms with Crippen molar-refractivity contribution < 1.29 is 14.4 Å². The van der Waals surface area contributed by atoms with Crippen LogP contribution in [0.4, 0.5) is 5.69 Å². The molecule has 0 saturated heterocycles. The molecule has 3 aromatic rings. The molecule has 6 nitrogen and oxygen atoms in total. The zero-order valence-corrected chi connectivity index (χ0v) is 17.1. The van der Waals surface area contributed by atoms with Gasteiger partial charge in [-0.3, -0.25) is 14.4 Å². The SMILES string of the molecule is C=CC(=O)Nc1ccccc1CC(=O)c1ccc2cc3n(c2c1)C1(CCC1)CNC3=O. The highest BCUT2D eigenvalue weighted by atomic mass is 16.2. The lowest BCUT2D eigenvalue weighted by Gasteiger charge is -2.47. The molecule has 1 fully saturated rings. The lowest BCUT2D eigenvalue weighted by atomic mass is 9.75. The van der Waals surface area contributed by atoms with E-state index >= 15 is 0 Å². The van der Waals surface area contributed by atoms with E-state index in [1.807, 2.05) is 42.5 Å². The third kappa shape index (κ3) is 3.15. The number of carbonyl (C=O) groups excluding carboxylic acids is 3. The van der Waals surface area contributed by atoms with E-state index in [1.54, 1.807) is 6.07 Å². The minimum absolute atomic E-state index is 0.0410. The molecule has 2 heterocycles. The van der Waals surface area contributed by atoms with E-state index in [9.17, 15) is 14.4 Å². The van der Waals surface area contributed by atoms with E-state index in [-0.39, 0.29) is 29.6 Å². The summed E-state index contributed by atoms with van der Waals surface area (Å²) in [5.41, 5.74) is 3.47. The largest absolute Gasteiger partial charge is 0.348 e. The standard InChI is InChI=1S/C25H23N3O3/c1-2-23(30)27-19-7-4-3-6-16(19)14-22(29)18-9-8-17-12-21-24(31)26-15-25(10-5-11-25)28(21)20(17)13-18/h2-4,6-9,12-13H,1,5,10-11,14-15H2,(H,26,31)(H,27,30). The first-order chi connectivity index (χ1) is 15.0. The number of ketones is 1. The quantitative estimate of drug-likeness (QED) is 0.493. The Morgan fingerprint density at radius 3 is 2.71 bits per heavy atom. The molecule has 1 spiro atoms. The Morgan fingerprint density at radius 1 is 1.16 bits per heavy atom. The molecule has 2 amide bonds. The van der Waals surface area contributed by atoms with Crippen LogP contribution in [0.2, 0.25) is 0 Å². The number of hydrogen-bond donors (Lipinski definition) is 2. The van der Waals surface area contributed by atoms with Crippen LogP contribution in [-0.2, 0) is 16.8 Å². The molecule has 1 aromatic heterocycles. The highest BCUT2D eigenvalue weighted by Gasteiger charge is 2.44. The van der Waals surface area contributed by atoms with Crippen LogP contribution >= 0.6 is 0 Å². The zero-order valence-electron chi connectivity index (χ0n) is 17.1. The summed E-state index contributed by atoms with van der Waals surface area (Å²) < 4.78 is 2.15. The molecule has 1 aliphatic heterocycles. The average molecular weight is 413 g/mol. The predicted octanol–water partition coefficient (Wildman–Crippen LogP) is 3.81. The van der Waals surface area contributed by atoms with Crippen LogP contribution in [0.3, 0.4) is 0 Å². The van der Waals surface area contributed by atoms with Crippen molar-refractivity contribution in [3.63, 3.8) is 0 Å². The minimum atomic E-state index is -0.315. The van der Waals surface area contributed by atoms with Crippen molar-refractivity contribution in [2.45, 2.75) is 31.2 Å². The first-order valence-corrected chi connectivity index (χ1v) is 10.5. The Bertz CT molecular complexity index is 1250. The average Bonchev–Trinajstić information content (AvgIpc) is 3.14. The van der Waals surface area contributed by atoms with Crippen LogP contribution in [0.1, 0.15) is 45.7 Å². The molecule has 0 atom stereocenters. The summed E-state index contributed by atoms with van der Waals surface area (Å²) in [6.07, 6.45) is 4.56. The number of nitrogens with one attached hydrogen (secondary N) is 2. The van der Waals surface area contributed by atoms with E-state index in [2.05, 4.69) is 21.8 Å². The van der Waals surface area contributed by atoms with Crippen LogP contribution in [-0.4, -0.2) is 28.7 Å². The smallest absolute Gasteiger partial charge is 0.268 e. The van der Waals surface area contributed by atoms with E-state index in [4.69, 9.17) is 0 Å². The van der Waals surface area contributed by atoms with Crippen molar-refractivity contribution in [2.24, 2.45) is 0 Å². The van der Waals surface area contributed by atoms with E-state index in [0.717, 1.165) is 35.7 Å². The molecule has 0 bridgehead atoms. The number of para-hydroxylation sites is 1. The molecule has 1 saturated carbocycles. The molecule has 2 aromatic carbocycles. The fourth-order valence-corrected chi connectivity index (χ4v) is 4.71. The maximum absolute atomic E-state index is 13.1. The van der Waals surface area contributed by atoms with Crippen molar-refractivity contribution >= 4 is 34.2 Å². The van der Waals surface area contributed by atoms with Crippen LogP contribution in [0.15, 0.2) is 61.2 Å². The molecular weight excluding hydrogens is 390 g/mol. The Morgan fingerprint density at radius 2 is 1.97 bits per heavy atom. The maximum Gasteiger partial charge on any atom is 0.268 e. The third-order valence-corrected chi connectivity index (χ3v) is 6.51. The molecule has 2 N–H and O–H groups in total. The molecule has 0 unspecified atom stereocenters. The molecule has 156 valence electrons. The van der Waals surface area contributed by atoms with Gasteiger partial charge in [-0.15, -0.1) is 0 Å². The second kappa shape index (κ2) is 7.23. The number of amides is 2. The Hall–Kier alpha value is -3.67. The van der Waals surface area contributed by atoms with Gasteiger partial charge in [0, 0.05) is 35.1 Å². The van der Waals surface area contributed by atoms with Gasteiger partial charge in [-0.25, -0.2) is 0 Å². The van der Waals surface area contributed by atoms with Gasteiger partial charge in [-0.2, -0.15) is 0 Å². The molecule has 1 aliphatic carbocycles. The topological polar surface area (TPSA) is 80.2 Å². The van der Waals surface area contributed by atoms with Crippen molar-refractivity contribution in [2.75, 3.05) is 11.9 Å². The summed E-state index contributed by atoms with van der Waals surface area (Å²) in [7, 11) is 0. The van der Waals surface area contributed by atoms with Gasteiger partial charge in [-0.05, 0) is 49.1 Å². The first kappa shape index (κ1) is 19.3. The number of aromatic nitrogens is 1. The molecule has 31 heavy (non-hydrogen) atoms. The predicted molar refractivity (Wildman–Crippen MR) is 119 cm³/mol. The fourth-order valence-electron chi connectivity index (χ4n) is 4.71. The Labute approximate surface area is 179 Å². The number of benzene rings is 2. The second-order valence-corrected chi connectivity index (χ2v) is 8.35. The van der Waals surface area contributed by atoms with Crippen LogP contribution < -0.4 is 10.6 Å². The normalized spacial score (nSPS) is 16.3. The number of fused-ring (bicyclic) bond motifs is 4. The van der Waals surface area contributed by atoms with E-state index in [1.165, 1.54) is 6.08 Å². The number of Topliss-reactive ketones (excluding diaryl/α,β-unsaturated/α-hetero) is 1. The number of rotatable bonds is 5. The van der Waals surface area contributed by atoms with Gasteiger partial charge in [0.1, 0.15) is 5.69 Å². The van der Waals surface area contributed by atoms with Crippen LogP contribution in [0.25, 0.3) is 10.9 Å². The van der Waals surface area contributed by atoms with Crippen LogP contribution in [0.5, 0.6) is 0 Å². The minimum Gasteiger partial charge on any atom is -0.348 e.